The van der Waals surface area contributed by atoms with Gasteiger partial charge in [-0.05, 0) is 12.8 Å². The van der Waals surface area contributed by atoms with E-state index in [4.69, 9.17) is 10.5 Å². The first-order chi connectivity index (χ1) is 4.39. The smallest absolute Gasteiger partial charge is 0.132 e. The minimum absolute atomic E-state index is 0.464. The molecule has 0 aromatic carbocycles. The van der Waals surface area contributed by atoms with Crippen molar-refractivity contribution in [2.24, 2.45) is 0 Å². The van der Waals surface area contributed by atoms with E-state index >= 15 is 0 Å². The van der Waals surface area contributed by atoms with Crippen molar-refractivity contribution >= 4 is 5.78 Å². The molecule has 54 valence electrons. The lowest BCUT2D eigenvalue weighted by Crippen LogP contribution is -2.02. The zero-order valence-electron chi connectivity index (χ0n) is 5.34. The fourth-order valence-electron chi connectivity index (χ4n) is 0.946. The molecule has 0 aliphatic heterocycles. The molecule has 0 bridgehead atoms. The van der Waals surface area contributed by atoms with Gasteiger partial charge in [0.2, 0.25) is 0 Å². The van der Waals surface area contributed by atoms with Crippen LogP contribution in [0.5, 0.6) is 0 Å². The Morgan fingerprint density at radius 2 is 1.44 bits per heavy atom. The van der Waals surface area contributed by atoms with Gasteiger partial charge in [-0.15, -0.1) is 0 Å². The maximum Gasteiger partial charge on any atom is 0.132 e. The molecule has 1 aliphatic rings. The number of ketones is 1. The summed E-state index contributed by atoms with van der Waals surface area (Å²) in [4.78, 5) is 10.5. The minimum atomic E-state index is 0.464. The standard InChI is InChI=1S/C6H10O.H2O2/c7-6-4-2-1-3-5-6;1-2/h1-5H2;1-2H. The third-order valence-electron chi connectivity index (χ3n) is 1.41. The highest BCUT2D eigenvalue weighted by Crippen LogP contribution is 2.12. The Hall–Kier alpha value is -0.410. The molecule has 3 nitrogen and oxygen atoms in total. The molecule has 1 aliphatic carbocycles. The Balaban J connectivity index is 0.000000291. The number of rotatable bonds is 0. The Morgan fingerprint density at radius 3 is 1.67 bits per heavy atom. The number of carbonyl (C=O) groups excluding carboxylic acids is 1. The van der Waals surface area contributed by atoms with E-state index in [-0.39, 0.29) is 0 Å². The summed E-state index contributed by atoms with van der Waals surface area (Å²) in [7, 11) is 0. The van der Waals surface area contributed by atoms with Crippen LogP contribution in [-0.4, -0.2) is 16.3 Å². The molecule has 1 saturated carbocycles. The van der Waals surface area contributed by atoms with Gasteiger partial charge in [-0.3, -0.25) is 15.3 Å². The normalized spacial score (nSPS) is 18.2. The molecule has 0 spiro atoms. The quantitative estimate of drug-likeness (QED) is 0.388. The lowest BCUT2D eigenvalue weighted by molar-refractivity contribution is -0.176. The Morgan fingerprint density at radius 1 is 1.00 bits per heavy atom. The van der Waals surface area contributed by atoms with E-state index in [1.807, 2.05) is 0 Å². The van der Waals surface area contributed by atoms with Crippen LogP contribution in [0.25, 0.3) is 0 Å². The second-order valence-electron chi connectivity index (χ2n) is 2.10. The Labute approximate surface area is 54.2 Å². The Bertz CT molecular complexity index is 72.4. The van der Waals surface area contributed by atoms with Gasteiger partial charge in [0.1, 0.15) is 5.78 Å². The monoisotopic (exact) mass is 132 g/mol. The van der Waals surface area contributed by atoms with Crippen molar-refractivity contribution in [3.63, 3.8) is 0 Å². The number of hydrogen-bond acceptors (Lipinski definition) is 3. The van der Waals surface area contributed by atoms with Crippen LogP contribution in [-0.2, 0) is 4.79 Å². The van der Waals surface area contributed by atoms with Gasteiger partial charge in [-0.25, -0.2) is 0 Å². The van der Waals surface area contributed by atoms with Crippen molar-refractivity contribution in [2.75, 3.05) is 0 Å². The zero-order valence-corrected chi connectivity index (χ0v) is 5.34. The maximum atomic E-state index is 10.5. The molecule has 0 aromatic rings. The SMILES string of the molecule is O=C1CCCCC1.OO. The van der Waals surface area contributed by atoms with Gasteiger partial charge >= 0.3 is 0 Å². The largest absolute Gasteiger partial charge is 0.300 e. The van der Waals surface area contributed by atoms with Gasteiger partial charge < -0.3 is 0 Å². The van der Waals surface area contributed by atoms with Crippen molar-refractivity contribution in [1.29, 1.82) is 0 Å². The van der Waals surface area contributed by atoms with Crippen LogP contribution in [0.4, 0.5) is 0 Å². The topological polar surface area (TPSA) is 57.5 Å². The van der Waals surface area contributed by atoms with Crippen LogP contribution >= 0.6 is 0 Å². The molecule has 9 heavy (non-hydrogen) atoms. The molecule has 0 atom stereocenters. The maximum absolute atomic E-state index is 10.5. The second-order valence-corrected chi connectivity index (χ2v) is 2.10. The van der Waals surface area contributed by atoms with Crippen LogP contribution in [0.15, 0.2) is 0 Å². The van der Waals surface area contributed by atoms with E-state index in [1.54, 1.807) is 0 Å². The predicted octanol–water partition coefficient (Wildman–Crippen LogP) is 1.54. The molecule has 2 N–H and O–H groups in total. The van der Waals surface area contributed by atoms with Crippen LogP contribution in [0.1, 0.15) is 32.1 Å². The molecule has 1 rings (SSSR count). The van der Waals surface area contributed by atoms with E-state index in [0.717, 1.165) is 25.7 Å². The van der Waals surface area contributed by atoms with Crippen LogP contribution in [0.2, 0.25) is 0 Å². The first-order valence-electron chi connectivity index (χ1n) is 3.11. The lowest BCUT2D eigenvalue weighted by Gasteiger charge is -2.05. The highest BCUT2D eigenvalue weighted by Gasteiger charge is 2.05. The van der Waals surface area contributed by atoms with Crippen molar-refractivity contribution in [1.82, 2.24) is 0 Å². The summed E-state index contributed by atoms with van der Waals surface area (Å²) < 4.78 is 0. The highest BCUT2D eigenvalue weighted by molar-refractivity contribution is 5.78. The van der Waals surface area contributed by atoms with Crippen LogP contribution in [0.3, 0.4) is 0 Å². The molecule has 0 heterocycles. The molecule has 1 fully saturated rings. The van der Waals surface area contributed by atoms with E-state index in [0.29, 0.717) is 5.78 Å². The van der Waals surface area contributed by atoms with Crippen LogP contribution in [0, 0.1) is 0 Å². The highest BCUT2D eigenvalue weighted by atomic mass is 17.0. The van der Waals surface area contributed by atoms with Crippen molar-refractivity contribution in [2.45, 2.75) is 32.1 Å². The van der Waals surface area contributed by atoms with E-state index in [2.05, 4.69) is 0 Å². The summed E-state index contributed by atoms with van der Waals surface area (Å²) in [6, 6.07) is 0. The number of hydrogen-bond donors (Lipinski definition) is 2. The first-order valence-corrected chi connectivity index (χ1v) is 3.11. The fraction of sp³-hybridized carbons (Fsp3) is 0.833. The average molecular weight is 132 g/mol. The van der Waals surface area contributed by atoms with Gasteiger partial charge in [-0.2, -0.15) is 0 Å². The number of Topliss-reactive ketones (excluding diaryl/α,β-unsaturated/α-hetero) is 1. The summed E-state index contributed by atoms with van der Waals surface area (Å²) in [5.41, 5.74) is 0. The lowest BCUT2D eigenvalue weighted by atomic mass is 10.00. The number of carbonyl (C=O) groups is 1. The third-order valence-corrected chi connectivity index (χ3v) is 1.41. The molecule has 0 aromatic heterocycles. The second kappa shape index (κ2) is 5.72. The molecule has 0 saturated heterocycles. The van der Waals surface area contributed by atoms with E-state index in [1.165, 1.54) is 6.42 Å². The molecular formula is C6H12O3. The zero-order chi connectivity index (χ0) is 7.11. The fourth-order valence-corrected chi connectivity index (χ4v) is 0.946. The molecule has 0 unspecified atom stereocenters. The summed E-state index contributed by atoms with van der Waals surface area (Å²) in [5, 5.41) is 12.0. The summed E-state index contributed by atoms with van der Waals surface area (Å²) in [5.74, 6) is 0.464. The van der Waals surface area contributed by atoms with E-state index in [9.17, 15) is 4.79 Å². The van der Waals surface area contributed by atoms with Crippen molar-refractivity contribution < 1.29 is 15.3 Å². The first kappa shape index (κ1) is 8.59. The molecule has 0 radical (unpaired) electrons. The predicted molar refractivity (Wildman–Crippen MR) is 33.3 cm³/mol. The van der Waals surface area contributed by atoms with Gasteiger partial charge in [0.05, 0.1) is 0 Å². The molecule has 0 amide bonds. The third kappa shape index (κ3) is 4.12. The molecule has 3 heteroatoms. The summed E-state index contributed by atoms with van der Waals surface area (Å²) >= 11 is 0. The minimum Gasteiger partial charge on any atom is -0.300 e. The average Bonchev–Trinajstić information content (AvgIpc) is 1.94. The molecular weight excluding hydrogens is 120 g/mol. The van der Waals surface area contributed by atoms with E-state index < -0.39 is 0 Å². The van der Waals surface area contributed by atoms with Gasteiger partial charge in [0.25, 0.3) is 0 Å². The van der Waals surface area contributed by atoms with Crippen LogP contribution < -0.4 is 0 Å². The summed E-state index contributed by atoms with van der Waals surface area (Å²) in [6.07, 6.45) is 5.24. The van der Waals surface area contributed by atoms with Gasteiger partial charge in [-0.1, -0.05) is 6.42 Å². The van der Waals surface area contributed by atoms with Crippen molar-refractivity contribution in [3.05, 3.63) is 0 Å². The summed E-state index contributed by atoms with van der Waals surface area (Å²) in [6.45, 7) is 0. The van der Waals surface area contributed by atoms with Gasteiger partial charge in [0.15, 0.2) is 0 Å². The van der Waals surface area contributed by atoms with Crippen molar-refractivity contribution in [3.8, 4) is 0 Å². The Kier molecular flexibility index (Phi) is 5.46. The van der Waals surface area contributed by atoms with Gasteiger partial charge in [0, 0.05) is 12.8 Å².